The van der Waals surface area contributed by atoms with Crippen molar-refractivity contribution >= 4 is 34.0 Å². The lowest BCUT2D eigenvalue weighted by Gasteiger charge is -2.23. The van der Waals surface area contributed by atoms with Crippen LogP contribution in [0.15, 0.2) is 60.0 Å². The van der Waals surface area contributed by atoms with Crippen LogP contribution < -0.4 is 9.64 Å². The number of aromatic nitrogens is 1. The Morgan fingerprint density at radius 1 is 1.21 bits per heavy atom. The molecule has 0 radical (unpaired) electrons. The standard InChI is InChI=1S/C22H21ClN2O3S/c23-17-8-10-18(11-9-17)28-14-21(26)25(13-19-7-4-12-27-19)22-24-20(15-29-22)16-5-2-1-3-6-16/h1-3,5-6,8-11,15,19H,4,7,12-14H2. The summed E-state index contributed by atoms with van der Waals surface area (Å²) in [4.78, 5) is 19.4. The van der Waals surface area contributed by atoms with Crippen molar-refractivity contribution in [2.24, 2.45) is 0 Å². The number of amides is 1. The Morgan fingerprint density at radius 3 is 2.72 bits per heavy atom. The SMILES string of the molecule is O=C(COc1ccc(Cl)cc1)N(CC1CCCO1)c1nc(-c2ccccc2)cs1. The minimum atomic E-state index is -0.149. The molecular formula is C22H21ClN2O3S. The number of ether oxygens (including phenoxy) is 2. The van der Waals surface area contributed by atoms with Crippen LogP contribution in [-0.4, -0.2) is 36.8 Å². The lowest BCUT2D eigenvalue weighted by atomic mass is 10.2. The topological polar surface area (TPSA) is 51.7 Å². The Morgan fingerprint density at radius 2 is 2.00 bits per heavy atom. The minimum Gasteiger partial charge on any atom is -0.484 e. The summed E-state index contributed by atoms with van der Waals surface area (Å²) in [5.41, 5.74) is 1.88. The van der Waals surface area contributed by atoms with Crippen LogP contribution in [0.3, 0.4) is 0 Å². The van der Waals surface area contributed by atoms with Crippen LogP contribution >= 0.6 is 22.9 Å². The molecule has 1 unspecified atom stereocenters. The second-order valence-electron chi connectivity index (χ2n) is 6.76. The molecule has 5 nitrogen and oxygen atoms in total. The van der Waals surface area contributed by atoms with E-state index in [0.717, 1.165) is 30.7 Å². The number of hydrogen-bond donors (Lipinski definition) is 0. The molecule has 1 saturated heterocycles. The summed E-state index contributed by atoms with van der Waals surface area (Å²) >= 11 is 7.35. The van der Waals surface area contributed by atoms with Crippen LogP contribution in [-0.2, 0) is 9.53 Å². The fourth-order valence-corrected chi connectivity index (χ4v) is 4.15. The van der Waals surface area contributed by atoms with Crippen molar-refractivity contribution in [3.8, 4) is 17.0 Å². The largest absolute Gasteiger partial charge is 0.484 e. The van der Waals surface area contributed by atoms with E-state index in [1.165, 1.54) is 11.3 Å². The molecule has 29 heavy (non-hydrogen) atoms. The average Bonchev–Trinajstić information content (AvgIpc) is 3.44. The van der Waals surface area contributed by atoms with Crippen molar-refractivity contribution in [3.63, 3.8) is 0 Å². The van der Waals surface area contributed by atoms with Gasteiger partial charge in [0, 0.05) is 22.6 Å². The van der Waals surface area contributed by atoms with Crippen molar-refractivity contribution < 1.29 is 14.3 Å². The molecule has 1 aliphatic rings. The van der Waals surface area contributed by atoms with Gasteiger partial charge in [0.2, 0.25) is 0 Å². The molecule has 1 atom stereocenters. The molecule has 1 fully saturated rings. The number of hydrogen-bond acceptors (Lipinski definition) is 5. The highest BCUT2D eigenvalue weighted by molar-refractivity contribution is 7.14. The molecule has 2 aromatic carbocycles. The van der Waals surface area contributed by atoms with E-state index in [4.69, 9.17) is 26.1 Å². The van der Waals surface area contributed by atoms with Gasteiger partial charge in [-0.15, -0.1) is 11.3 Å². The Bertz CT molecular complexity index is 940. The fraction of sp³-hybridized carbons (Fsp3) is 0.273. The number of rotatable bonds is 7. The van der Waals surface area contributed by atoms with Crippen LogP contribution in [0.25, 0.3) is 11.3 Å². The van der Waals surface area contributed by atoms with E-state index in [1.807, 2.05) is 35.7 Å². The van der Waals surface area contributed by atoms with Crippen LogP contribution in [0.1, 0.15) is 12.8 Å². The van der Waals surface area contributed by atoms with Gasteiger partial charge in [0.15, 0.2) is 11.7 Å². The van der Waals surface area contributed by atoms with E-state index in [-0.39, 0.29) is 18.6 Å². The van der Waals surface area contributed by atoms with Crippen molar-refractivity contribution in [1.29, 1.82) is 0 Å². The van der Waals surface area contributed by atoms with Crippen molar-refractivity contribution in [1.82, 2.24) is 4.98 Å². The maximum atomic E-state index is 13.0. The molecule has 150 valence electrons. The highest BCUT2D eigenvalue weighted by Gasteiger charge is 2.26. The molecule has 0 saturated carbocycles. The summed E-state index contributed by atoms with van der Waals surface area (Å²) < 4.78 is 11.4. The monoisotopic (exact) mass is 428 g/mol. The predicted octanol–water partition coefficient (Wildman–Crippen LogP) is 5.05. The lowest BCUT2D eigenvalue weighted by Crippen LogP contribution is -2.40. The van der Waals surface area contributed by atoms with Gasteiger partial charge in [-0.1, -0.05) is 41.9 Å². The first-order valence-corrected chi connectivity index (χ1v) is 10.8. The van der Waals surface area contributed by atoms with Crippen molar-refractivity contribution in [3.05, 3.63) is 65.0 Å². The number of nitrogens with zero attached hydrogens (tertiary/aromatic N) is 2. The zero-order chi connectivity index (χ0) is 20.1. The van der Waals surface area contributed by atoms with Crippen LogP contribution in [0.5, 0.6) is 5.75 Å². The Kier molecular flexibility index (Phi) is 6.44. The number of halogens is 1. The maximum absolute atomic E-state index is 13.0. The summed E-state index contributed by atoms with van der Waals surface area (Å²) in [7, 11) is 0. The highest BCUT2D eigenvalue weighted by atomic mass is 35.5. The van der Waals surface area contributed by atoms with Gasteiger partial charge in [-0.3, -0.25) is 9.69 Å². The van der Waals surface area contributed by atoms with Gasteiger partial charge >= 0.3 is 0 Å². The smallest absolute Gasteiger partial charge is 0.266 e. The quantitative estimate of drug-likeness (QED) is 0.528. The predicted molar refractivity (Wildman–Crippen MR) is 116 cm³/mol. The van der Waals surface area contributed by atoms with E-state index in [1.54, 1.807) is 29.2 Å². The van der Waals surface area contributed by atoms with E-state index in [0.29, 0.717) is 22.4 Å². The third kappa shape index (κ3) is 5.15. The molecule has 1 amide bonds. The van der Waals surface area contributed by atoms with Crippen molar-refractivity contribution in [2.45, 2.75) is 18.9 Å². The van der Waals surface area contributed by atoms with Gasteiger partial charge in [-0.05, 0) is 37.1 Å². The maximum Gasteiger partial charge on any atom is 0.266 e. The molecule has 4 rings (SSSR count). The number of benzene rings is 2. The highest BCUT2D eigenvalue weighted by Crippen LogP contribution is 2.29. The molecule has 2 heterocycles. The summed E-state index contributed by atoms with van der Waals surface area (Å²) in [5, 5.41) is 3.25. The average molecular weight is 429 g/mol. The first kappa shape index (κ1) is 19.9. The minimum absolute atomic E-state index is 0.0264. The summed E-state index contributed by atoms with van der Waals surface area (Å²) in [6, 6.07) is 16.9. The molecule has 7 heteroatoms. The molecule has 0 N–H and O–H groups in total. The number of thiazole rings is 1. The third-order valence-electron chi connectivity index (χ3n) is 4.68. The summed E-state index contributed by atoms with van der Waals surface area (Å²) in [5.74, 6) is 0.452. The van der Waals surface area contributed by atoms with E-state index >= 15 is 0 Å². The Hall–Kier alpha value is -2.41. The molecule has 0 spiro atoms. The molecule has 3 aromatic rings. The Labute approximate surface area is 178 Å². The summed E-state index contributed by atoms with van der Waals surface area (Å²) in [6.45, 7) is 1.14. The normalized spacial score (nSPS) is 16.0. The van der Waals surface area contributed by atoms with Gasteiger partial charge in [0.25, 0.3) is 5.91 Å². The van der Waals surface area contributed by atoms with Gasteiger partial charge in [0.05, 0.1) is 18.3 Å². The number of carbonyl (C=O) groups excluding carboxylic acids is 1. The number of anilines is 1. The second kappa shape index (κ2) is 9.39. The van der Waals surface area contributed by atoms with Crippen LogP contribution in [0.2, 0.25) is 5.02 Å². The number of carbonyl (C=O) groups is 1. The molecule has 0 bridgehead atoms. The zero-order valence-electron chi connectivity index (χ0n) is 15.8. The van der Waals surface area contributed by atoms with Gasteiger partial charge in [-0.25, -0.2) is 4.98 Å². The second-order valence-corrected chi connectivity index (χ2v) is 8.04. The Balaban J connectivity index is 1.50. The lowest BCUT2D eigenvalue weighted by molar-refractivity contribution is -0.120. The van der Waals surface area contributed by atoms with Crippen LogP contribution in [0.4, 0.5) is 5.13 Å². The summed E-state index contributed by atoms with van der Waals surface area (Å²) in [6.07, 6.45) is 1.98. The van der Waals surface area contributed by atoms with Gasteiger partial charge in [-0.2, -0.15) is 0 Å². The van der Waals surface area contributed by atoms with E-state index < -0.39 is 0 Å². The first-order chi connectivity index (χ1) is 14.2. The van der Waals surface area contributed by atoms with Crippen molar-refractivity contribution in [2.75, 3.05) is 24.7 Å². The van der Waals surface area contributed by atoms with E-state index in [2.05, 4.69) is 0 Å². The first-order valence-electron chi connectivity index (χ1n) is 9.50. The van der Waals surface area contributed by atoms with Gasteiger partial charge < -0.3 is 9.47 Å². The van der Waals surface area contributed by atoms with E-state index in [9.17, 15) is 4.79 Å². The zero-order valence-corrected chi connectivity index (χ0v) is 17.4. The molecular weight excluding hydrogens is 408 g/mol. The fourth-order valence-electron chi connectivity index (χ4n) is 3.16. The third-order valence-corrected chi connectivity index (χ3v) is 5.80. The van der Waals surface area contributed by atoms with Gasteiger partial charge in [0.1, 0.15) is 5.75 Å². The molecule has 1 aliphatic heterocycles. The van der Waals surface area contributed by atoms with Crippen LogP contribution in [0, 0.1) is 0 Å². The molecule has 0 aliphatic carbocycles. The molecule has 1 aromatic heterocycles.